The third-order valence-electron chi connectivity index (χ3n) is 4.49. The summed E-state index contributed by atoms with van der Waals surface area (Å²) in [6.45, 7) is 9.14. The van der Waals surface area contributed by atoms with Gasteiger partial charge in [0, 0.05) is 19.1 Å². The number of nitrogens with zero attached hydrogens (tertiary/aromatic N) is 2. The third kappa shape index (κ3) is 3.87. The molecule has 6 nitrogen and oxygen atoms in total. The van der Waals surface area contributed by atoms with Crippen LogP contribution in [0.4, 0.5) is 4.79 Å². The zero-order valence-corrected chi connectivity index (χ0v) is 13.3. The first kappa shape index (κ1) is 16.1. The number of carbonyl (C=O) groups is 2. The molecule has 2 heterocycles. The van der Waals surface area contributed by atoms with Crippen LogP contribution in [-0.4, -0.2) is 65.2 Å². The van der Waals surface area contributed by atoms with Gasteiger partial charge in [-0.25, -0.2) is 9.59 Å². The van der Waals surface area contributed by atoms with E-state index in [0.717, 1.165) is 19.5 Å². The first-order valence-corrected chi connectivity index (χ1v) is 7.81. The van der Waals surface area contributed by atoms with Gasteiger partial charge in [0.15, 0.2) is 0 Å². The predicted molar refractivity (Wildman–Crippen MR) is 80.2 cm³/mol. The molecule has 0 aromatic carbocycles. The fraction of sp³-hybridized carbons (Fsp3) is 0.867. The molecule has 2 unspecified atom stereocenters. The molecule has 21 heavy (non-hydrogen) atoms. The molecule has 0 aliphatic carbocycles. The van der Waals surface area contributed by atoms with Crippen molar-refractivity contribution in [3.63, 3.8) is 0 Å². The maximum atomic E-state index is 12.3. The molecule has 2 aliphatic rings. The molecule has 2 rings (SSSR count). The molecule has 0 radical (unpaired) electrons. The molecule has 0 bridgehead atoms. The van der Waals surface area contributed by atoms with E-state index in [0.29, 0.717) is 19.1 Å². The van der Waals surface area contributed by atoms with Crippen LogP contribution < -0.4 is 5.32 Å². The number of likely N-dealkylation sites (tertiary alicyclic amines) is 2. The van der Waals surface area contributed by atoms with E-state index in [1.807, 2.05) is 20.8 Å². The van der Waals surface area contributed by atoms with Crippen molar-refractivity contribution in [2.45, 2.75) is 52.1 Å². The lowest BCUT2D eigenvalue weighted by Gasteiger charge is -2.30. The van der Waals surface area contributed by atoms with Gasteiger partial charge in [-0.2, -0.15) is 0 Å². The molecule has 2 amide bonds. The second kappa shape index (κ2) is 6.22. The summed E-state index contributed by atoms with van der Waals surface area (Å²) in [5.74, 6) is -0.980. The van der Waals surface area contributed by atoms with Crippen LogP contribution in [0.5, 0.6) is 0 Å². The van der Waals surface area contributed by atoms with E-state index >= 15 is 0 Å². The van der Waals surface area contributed by atoms with Crippen LogP contribution in [0.15, 0.2) is 0 Å². The van der Waals surface area contributed by atoms with Crippen LogP contribution in [0, 0.1) is 5.41 Å². The molecule has 0 saturated carbocycles. The quantitative estimate of drug-likeness (QED) is 0.825. The average molecular weight is 297 g/mol. The standard InChI is InChI=1S/C15H27N3O3/c1-15(2,3)12(13(19)20)16-14(21)18-9-6-11(10-18)17-7-4-5-8-17/h11-12H,4-10H2,1-3H3,(H,16,21)(H,19,20). The van der Waals surface area contributed by atoms with Crippen molar-refractivity contribution < 1.29 is 14.7 Å². The Hall–Kier alpha value is -1.30. The minimum Gasteiger partial charge on any atom is -0.480 e. The molecule has 120 valence electrons. The van der Waals surface area contributed by atoms with Gasteiger partial charge in [0.25, 0.3) is 0 Å². The summed E-state index contributed by atoms with van der Waals surface area (Å²) in [4.78, 5) is 27.8. The number of hydrogen-bond acceptors (Lipinski definition) is 3. The van der Waals surface area contributed by atoms with Crippen molar-refractivity contribution in [3.05, 3.63) is 0 Å². The van der Waals surface area contributed by atoms with E-state index in [9.17, 15) is 14.7 Å². The van der Waals surface area contributed by atoms with Crippen LogP contribution in [0.3, 0.4) is 0 Å². The fourth-order valence-corrected chi connectivity index (χ4v) is 3.19. The maximum absolute atomic E-state index is 12.3. The number of urea groups is 1. The molecule has 2 fully saturated rings. The number of nitrogens with one attached hydrogen (secondary N) is 1. The van der Waals surface area contributed by atoms with E-state index < -0.39 is 17.4 Å². The summed E-state index contributed by atoms with van der Waals surface area (Å²) in [7, 11) is 0. The summed E-state index contributed by atoms with van der Waals surface area (Å²) in [5, 5.41) is 12.0. The van der Waals surface area contributed by atoms with Crippen molar-refractivity contribution >= 4 is 12.0 Å². The second-order valence-electron chi connectivity index (χ2n) is 7.22. The number of amides is 2. The van der Waals surface area contributed by atoms with Gasteiger partial charge in [-0.3, -0.25) is 4.90 Å². The van der Waals surface area contributed by atoms with Gasteiger partial charge in [-0.05, 0) is 37.8 Å². The summed E-state index contributed by atoms with van der Waals surface area (Å²) in [6, 6.07) is -0.675. The van der Waals surface area contributed by atoms with Crippen molar-refractivity contribution in [3.8, 4) is 0 Å². The summed E-state index contributed by atoms with van der Waals surface area (Å²) < 4.78 is 0. The Morgan fingerprint density at radius 1 is 1.19 bits per heavy atom. The highest BCUT2D eigenvalue weighted by Gasteiger charge is 2.36. The summed E-state index contributed by atoms with van der Waals surface area (Å²) >= 11 is 0. The maximum Gasteiger partial charge on any atom is 0.326 e. The van der Waals surface area contributed by atoms with Gasteiger partial charge in [-0.15, -0.1) is 0 Å². The van der Waals surface area contributed by atoms with Gasteiger partial charge >= 0.3 is 12.0 Å². The van der Waals surface area contributed by atoms with E-state index in [1.54, 1.807) is 4.90 Å². The molecular weight excluding hydrogens is 270 g/mol. The van der Waals surface area contributed by atoms with Crippen molar-refractivity contribution in [1.29, 1.82) is 0 Å². The fourth-order valence-electron chi connectivity index (χ4n) is 3.19. The lowest BCUT2D eigenvalue weighted by atomic mass is 9.87. The molecular formula is C15H27N3O3. The van der Waals surface area contributed by atoms with Crippen molar-refractivity contribution in [2.75, 3.05) is 26.2 Å². The average Bonchev–Trinajstić information content (AvgIpc) is 3.03. The summed E-state index contributed by atoms with van der Waals surface area (Å²) in [5.41, 5.74) is -0.504. The van der Waals surface area contributed by atoms with Crippen LogP contribution in [0.2, 0.25) is 0 Å². The molecule has 2 N–H and O–H groups in total. The Labute approximate surface area is 126 Å². The smallest absolute Gasteiger partial charge is 0.326 e. The molecule has 0 spiro atoms. The van der Waals surface area contributed by atoms with Gasteiger partial charge in [-0.1, -0.05) is 20.8 Å². The highest BCUT2D eigenvalue weighted by Crippen LogP contribution is 2.22. The number of carbonyl (C=O) groups excluding carboxylic acids is 1. The highest BCUT2D eigenvalue weighted by molar-refractivity contribution is 5.83. The molecule has 2 aliphatic heterocycles. The van der Waals surface area contributed by atoms with Gasteiger partial charge < -0.3 is 15.3 Å². The molecule has 6 heteroatoms. The molecule has 2 atom stereocenters. The topological polar surface area (TPSA) is 72.9 Å². The zero-order chi connectivity index (χ0) is 15.6. The number of carboxylic acid groups (broad SMARTS) is 1. The van der Waals surface area contributed by atoms with Crippen LogP contribution >= 0.6 is 0 Å². The molecule has 0 aromatic heterocycles. The van der Waals surface area contributed by atoms with E-state index in [1.165, 1.54) is 12.8 Å². The first-order chi connectivity index (χ1) is 9.79. The monoisotopic (exact) mass is 297 g/mol. The minimum absolute atomic E-state index is 0.251. The van der Waals surface area contributed by atoms with Crippen molar-refractivity contribution in [2.24, 2.45) is 5.41 Å². The minimum atomic E-state index is -0.980. The Balaban J connectivity index is 1.90. The first-order valence-electron chi connectivity index (χ1n) is 7.81. The van der Waals surface area contributed by atoms with Crippen LogP contribution in [0.25, 0.3) is 0 Å². The Morgan fingerprint density at radius 2 is 1.81 bits per heavy atom. The van der Waals surface area contributed by atoms with Gasteiger partial charge in [0.1, 0.15) is 6.04 Å². The summed E-state index contributed by atoms with van der Waals surface area (Å²) in [6.07, 6.45) is 3.47. The highest BCUT2D eigenvalue weighted by atomic mass is 16.4. The predicted octanol–water partition coefficient (Wildman–Crippen LogP) is 1.37. The Kier molecular flexibility index (Phi) is 4.76. The number of rotatable bonds is 3. The normalized spacial score (nSPS) is 25.1. The third-order valence-corrected chi connectivity index (χ3v) is 4.49. The molecule has 2 saturated heterocycles. The molecule has 0 aromatic rings. The van der Waals surface area contributed by atoms with E-state index in [2.05, 4.69) is 10.2 Å². The lowest BCUT2D eigenvalue weighted by molar-refractivity contribution is -0.142. The van der Waals surface area contributed by atoms with Crippen LogP contribution in [-0.2, 0) is 4.79 Å². The lowest BCUT2D eigenvalue weighted by Crippen LogP contribution is -2.53. The largest absolute Gasteiger partial charge is 0.480 e. The Morgan fingerprint density at radius 3 is 2.33 bits per heavy atom. The SMILES string of the molecule is CC(C)(C)C(NC(=O)N1CCC(N2CCCC2)C1)C(=O)O. The Bertz CT molecular complexity index is 399. The van der Waals surface area contributed by atoms with E-state index in [4.69, 9.17) is 0 Å². The number of carboxylic acids is 1. The number of hydrogen-bond donors (Lipinski definition) is 2. The second-order valence-corrected chi connectivity index (χ2v) is 7.22. The van der Waals surface area contributed by atoms with Crippen molar-refractivity contribution in [1.82, 2.24) is 15.1 Å². The van der Waals surface area contributed by atoms with Gasteiger partial charge in [0.05, 0.1) is 0 Å². The van der Waals surface area contributed by atoms with Crippen LogP contribution in [0.1, 0.15) is 40.0 Å². The van der Waals surface area contributed by atoms with E-state index in [-0.39, 0.29) is 6.03 Å². The zero-order valence-electron chi connectivity index (χ0n) is 13.3. The van der Waals surface area contributed by atoms with Gasteiger partial charge in [0.2, 0.25) is 0 Å². The number of aliphatic carboxylic acids is 1.